The second-order valence-corrected chi connectivity index (χ2v) is 5.80. The number of hydrogen-bond donors (Lipinski definition) is 1. The van der Waals surface area contributed by atoms with Crippen molar-refractivity contribution in [3.05, 3.63) is 30.2 Å². The third-order valence-corrected chi connectivity index (χ3v) is 4.16. The van der Waals surface area contributed by atoms with Gasteiger partial charge in [0.25, 0.3) is 0 Å². The van der Waals surface area contributed by atoms with Crippen LogP contribution < -0.4 is 10.1 Å². The molecule has 0 spiro atoms. The molecule has 0 radical (unpaired) electrons. The molecule has 2 heterocycles. The number of hydrogen-bond acceptors (Lipinski definition) is 8. The van der Waals surface area contributed by atoms with Gasteiger partial charge in [0, 0.05) is 18.7 Å². The van der Waals surface area contributed by atoms with Crippen molar-refractivity contribution in [2.45, 2.75) is 19.0 Å². The standard InChI is InChI=1S/C17H20N4O5/c1-24-12-5-3-4-11(8-12)16-19-14(26-20-16)10-21-7-6-18-17(23)13(21)9-15(22)25-2/h3-5,8,13H,6-7,9-10H2,1-2H3,(H,18,23). The smallest absolute Gasteiger partial charge is 0.307 e. The molecule has 1 saturated heterocycles. The minimum Gasteiger partial charge on any atom is -0.497 e. The van der Waals surface area contributed by atoms with Gasteiger partial charge in [-0.1, -0.05) is 17.3 Å². The van der Waals surface area contributed by atoms with E-state index in [0.29, 0.717) is 30.6 Å². The lowest BCUT2D eigenvalue weighted by atomic mass is 10.1. The molecule has 0 bridgehead atoms. The predicted octanol–water partition coefficient (Wildman–Crippen LogP) is 0.609. The van der Waals surface area contributed by atoms with Crippen LogP contribution in [0.15, 0.2) is 28.8 Å². The zero-order chi connectivity index (χ0) is 18.5. The van der Waals surface area contributed by atoms with Crippen molar-refractivity contribution in [3.8, 4) is 17.1 Å². The molecule has 1 N–H and O–H groups in total. The van der Waals surface area contributed by atoms with E-state index in [1.807, 2.05) is 29.2 Å². The molecule has 1 unspecified atom stereocenters. The van der Waals surface area contributed by atoms with Crippen LogP contribution in [0.1, 0.15) is 12.3 Å². The molecular weight excluding hydrogens is 340 g/mol. The minimum atomic E-state index is -0.622. The second kappa shape index (κ2) is 7.96. The molecule has 0 aliphatic carbocycles. The lowest BCUT2D eigenvalue weighted by molar-refractivity contribution is -0.146. The van der Waals surface area contributed by atoms with Crippen LogP contribution in [-0.4, -0.2) is 60.3 Å². The van der Waals surface area contributed by atoms with Gasteiger partial charge in [-0.15, -0.1) is 0 Å². The maximum atomic E-state index is 12.1. The molecule has 1 aliphatic heterocycles. The Balaban J connectivity index is 1.74. The summed E-state index contributed by atoms with van der Waals surface area (Å²) in [7, 11) is 2.88. The van der Waals surface area contributed by atoms with Crippen LogP contribution in [-0.2, 0) is 20.9 Å². The maximum Gasteiger partial charge on any atom is 0.307 e. The van der Waals surface area contributed by atoms with Crippen molar-refractivity contribution in [2.24, 2.45) is 0 Å². The molecule has 0 saturated carbocycles. The number of nitrogens with zero attached hydrogens (tertiary/aromatic N) is 3. The summed E-state index contributed by atoms with van der Waals surface area (Å²) in [6.45, 7) is 1.34. The summed E-state index contributed by atoms with van der Waals surface area (Å²) in [4.78, 5) is 29.9. The normalized spacial score (nSPS) is 17.6. The second-order valence-electron chi connectivity index (χ2n) is 5.80. The van der Waals surface area contributed by atoms with E-state index in [2.05, 4.69) is 20.2 Å². The highest BCUT2D eigenvalue weighted by Crippen LogP contribution is 2.22. The van der Waals surface area contributed by atoms with Crippen molar-refractivity contribution in [3.63, 3.8) is 0 Å². The molecule has 26 heavy (non-hydrogen) atoms. The highest BCUT2D eigenvalue weighted by Gasteiger charge is 2.33. The van der Waals surface area contributed by atoms with E-state index in [0.717, 1.165) is 5.56 Å². The summed E-state index contributed by atoms with van der Waals surface area (Å²) in [5.41, 5.74) is 0.766. The number of methoxy groups -OCH3 is 2. The molecule has 9 heteroatoms. The Morgan fingerprint density at radius 2 is 2.27 bits per heavy atom. The fraction of sp³-hybridized carbons (Fsp3) is 0.412. The van der Waals surface area contributed by atoms with Crippen LogP contribution in [0.2, 0.25) is 0 Å². The number of piperazine rings is 1. The van der Waals surface area contributed by atoms with Crippen molar-refractivity contribution in [1.29, 1.82) is 0 Å². The first-order valence-corrected chi connectivity index (χ1v) is 8.16. The Kier molecular flexibility index (Phi) is 5.47. The van der Waals surface area contributed by atoms with Crippen LogP contribution >= 0.6 is 0 Å². The largest absolute Gasteiger partial charge is 0.497 e. The van der Waals surface area contributed by atoms with Gasteiger partial charge < -0.3 is 19.3 Å². The first-order valence-electron chi connectivity index (χ1n) is 8.16. The first kappa shape index (κ1) is 17.9. The Labute approximate surface area is 150 Å². The van der Waals surface area contributed by atoms with Gasteiger partial charge in [0.05, 0.1) is 27.2 Å². The van der Waals surface area contributed by atoms with Crippen LogP contribution in [0.3, 0.4) is 0 Å². The molecule has 138 valence electrons. The number of carbonyl (C=O) groups excluding carboxylic acids is 2. The molecule has 1 aromatic carbocycles. The summed E-state index contributed by atoms with van der Waals surface area (Å²) < 4.78 is 15.2. The average molecular weight is 360 g/mol. The van der Waals surface area contributed by atoms with E-state index in [9.17, 15) is 9.59 Å². The molecule has 9 nitrogen and oxygen atoms in total. The number of benzene rings is 1. The van der Waals surface area contributed by atoms with Crippen molar-refractivity contribution < 1.29 is 23.6 Å². The Bertz CT molecular complexity index is 791. The summed E-state index contributed by atoms with van der Waals surface area (Å²) in [6, 6.07) is 6.71. The van der Waals surface area contributed by atoms with Gasteiger partial charge in [-0.25, -0.2) is 0 Å². The van der Waals surface area contributed by atoms with E-state index < -0.39 is 12.0 Å². The monoisotopic (exact) mass is 360 g/mol. The average Bonchev–Trinajstić information content (AvgIpc) is 3.13. The van der Waals surface area contributed by atoms with Gasteiger partial charge in [-0.2, -0.15) is 4.98 Å². The topological polar surface area (TPSA) is 107 Å². The van der Waals surface area contributed by atoms with E-state index in [1.165, 1.54) is 7.11 Å². The molecular formula is C17H20N4O5. The van der Waals surface area contributed by atoms with E-state index >= 15 is 0 Å². The quantitative estimate of drug-likeness (QED) is 0.747. The Hall–Kier alpha value is -2.94. The lowest BCUT2D eigenvalue weighted by Crippen LogP contribution is -2.55. The van der Waals surface area contributed by atoms with Gasteiger partial charge in [0.1, 0.15) is 11.8 Å². The predicted molar refractivity (Wildman–Crippen MR) is 90.1 cm³/mol. The van der Waals surface area contributed by atoms with E-state index in [1.54, 1.807) is 7.11 Å². The fourth-order valence-corrected chi connectivity index (χ4v) is 2.79. The van der Waals surface area contributed by atoms with Crippen LogP contribution in [0.25, 0.3) is 11.4 Å². The number of ether oxygens (including phenoxy) is 2. The number of carbonyl (C=O) groups is 2. The molecule has 1 aliphatic rings. The molecule has 1 fully saturated rings. The first-order chi connectivity index (χ1) is 12.6. The van der Waals surface area contributed by atoms with Crippen LogP contribution in [0.5, 0.6) is 5.75 Å². The van der Waals surface area contributed by atoms with E-state index in [4.69, 9.17) is 9.26 Å². The summed E-state index contributed by atoms with van der Waals surface area (Å²) in [5, 5.41) is 6.74. The third-order valence-electron chi connectivity index (χ3n) is 4.16. The molecule has 1 amide bonds. The fourth-order valence-electron chi connectivity index (χ4n) is 2.79. The Morgan fingerprint density at radius 1 is 1.42 bits per heavy atom. The third kappa shape index (κ3) is 3.99. The number of amides is 1. The maximum absolute atomic E-state index is 12.1. The zero-order valence-corrected chi connectivity index (χ0v) is 14.6. The van der Waals surface area contributed by atoms with Gasteiger partial charge in [0.2, 0.25) is 17.6 Å². The number of rotatable bonds is 6. The summed E-state index contributed by atoms with van der Waals surface area (Å²) in [5.74, 6) is 0.839. The number of esters is 1. The molecule has 2 aromatic rings. The number of aromatic nitrogens is 2. The Morgan fingerprint density at radius 3 is 3.04 bits per heavy atom. The highest BCUT2D eigenvalue weighted by atomic mass is 16.5. The van der Waals surface area contributed by atoms with E-state index in [-0.39, 0.29) is 18.9 Å². The van der Waals surface area contributed by atoms with Gasteiger partial charge in [0.15, 0.2) is 0 Å². The van der Waals surface area contributed by atoms with Crippen molar-refractivity contribution >= 4 is 11.9 Å². The van der Waals surface area contributed by atoms with Crippen molar-refractivity contribution in [2.75, 3.05) is 27.3 Å². The lowest BCUT2D eigenvalue weighted by Gasteiger charge is -2.33. The molecule has 3 rings (SSSR count). The molecule has 1 atom stereocenters. The zero-order valence-electron chi connectivity index (χ0n) is 14.6. The van der Waals surface area contributed by atoms with Gasteiger partial charge in [-0.05, 0) is 12.1 Å². The van der Waals surface area contributed by atoms with Gasteiger partial charge in [-0.3, -0.25) is 14.5 Å². The number of nitrogens with one attached hydrogen (secondary N) is 1. The summed E-state index contributed by atoms with van der Waals surface area (Å²) >= 11 is 0. The molecule has 1 aromatic heterocycles. The SMILES string of the molecule is COC(=O)CC1C(=O)NCCN1Cc1nc(-c2cccc(OC)c2)no1. The van der Waals surface area contributed by atoms with Gasteiger partial charge >= 0.3 is 5.97 Å². The van der Waals surface area contributed by atoms with Crippen LogP contribution in [0, 0.1) is 0 Å². The van der Waals surface area contributed by atoms with Crippen molar-refractivity contribution in [1.82, 2.24) is 20.4 Å². The highest BCUT2D eigenvalue weighted by molar-refractivity contribution is 5.87. The van der Waals surface area contributed by atoms with Crippen LogP contribution in [0.4, 0.5) is 0 Å². The minimum absolute atomic E-state index is 0.0286. The summed E-state index contributed by atoms with van der Waals surface area (Å²) in [6.07, 6.45) is -0.0286.